The summed E-state index contributed by atoms with van der Waals surface area (Å²) in [5.41, 5.74) is 0. The number of sulfone groups is 1. The molecule has 22 heavy (non-hydrogen) atoms. The van der Waals surface area contributed by atoms with Crippen LogP contribution in [0.3, 0.4) is 0 Å². The van der Waals surface area contributed by atoms with E-state index in [0.29, 0.717) is 31.8 Å². The van der Waals surface area contributed by atoms with Crippen molar-refractivity contribution in [1.29, 1.82) is 0 Å². The molecule has 1 fully saturated rings. The lowest BCUT2D eigenvalue weighted by atomic mass is 10.1. The molecular formula is C14H30IN3O3S. The van der Waals surface area contributed by atoms with E-state index in [0.717, 1.165) is 0 Å². The van der Waals surface area contributed by atoms with Crippen LogP contribution in [0, 0.1) is 0 Å². The van der Waals surface area contributed by atoms with E-state index in [1.807, 2.05) is 0 Å². The van der Waals surface area contributed by atoms with Crippen LogP contribution in [-0.2, 0) is 14.6 Å². The second kappa shape index (κ2) is 12.3. The smallest absolute Gasteiger partial charge is 0.191 e. The molecule has 1 saturated carbocycles. The zero-order valence-electron chi connectivity index (χ0n) is 13.6. The van der Waals surface area contributed by atoms with E-state index >= 15 is 0 Å². The Labute approximate surface area is 151 Å². The molecule has 6 nitrogen and oxygen atoms in total. The minimum atomic E-state index is -2.94. The normalized spacial score (nSPS) is 17.5. The van der Waals surface area contributed by atoms with Crippen molar-refractivity contribution in [2.45, 2.75) is 44.6 Å². The molecule has 0 unspecified atom stereocenters. The predicted molar refractivity (Wildman–Crippen MR) is 102 cm³/mol. The summed E-state index contributed by atoms with van der Waals surface area (Å²) in [6.45, 7) is 1.69. The molecule has 8 heteroatoms. The van der Waals surface area contributed by atoms with Gasteiger partial charge in [0.25, 0.3) is 0 Å². The van der Waals surface area contributed by atoms with Crippen molar-refractivity contribution in [3.63, 3.8) is 0 Å². The van der Waals surface area contributed by atoms with Crippen molar-refractivity contribution in [2.24, 2.45) is 4.99 Å². The van der Waals surface area contributed by atoms with Gasteiger partial charge in [0.05, 0.1) is 18.5 Å². The minimum absolute atomic E-state index is 0. The minimum Gasteiger partial charge on any atom is -0.376 e. The van der Waals surface area contributed by atoms with Gasteiger partial charge in [0, 0.05) is 26.4 Å². The molecule has 0 aromatic rings. The number of ether oxygens (including phenoxy) is 1. The van der Waals surface area contributed by atoms with Crippen LogP contribution in [0.2, 0.25) is 0 Å². The standard InChI is InChI=1S/C14H29N3O3S.HI/c1-15-14(17-10-12-21(2,18)19)16-9-11-20-13-7-5-3-4-6-8-13;/h13H,3-12H2,1-2H3,(H2,15,16,17);1H. The Kier molecular flexibility index (Phi) is 12.3. The molecule has 0 spiro atoms. The van der Waals surface area contributed by atoms with Gasteiger partial charge in [-0.2, -0.15) is 0 Å². The molecule has 0 saturated heterocycles. The molecule has 1 aliphatic carbocycles. The number of rotatable bonds is 7. The summed E-state index contributed by atoms with van der Waals surface area (Å²) in [5.74, 6) is 0.717. The molecule has 132 valence electrons. The molecule has 1 rings (SSSR count). The zero-order chi connectivity index (χ0) is 15.6. The first-order valence-corrected chi connectivity index (χ1v) is 9.81. The summed E-state index contributed by atoms with van der Waals surface area (Å²) in [6, 6.07) is 0. The van der Waals surface area contributed by atoms with Crippen LogP contribution in [0.1, 0.15) is 38.5 Å². The van der Waals surface area contributed by atoms with E-state index in [1.165, 1.54) is 44.8 Å². The Hall–Kier alpha value is -0.0900. The third kappa shape index (κ3) is 11.5. The van der Waals surface area contributed by atoms with Gasteiger partial charge in [0.1, 0.15) is 9.84 Å². The van der Waals surface area contributed by atoms with E-state index in [-0.39, 0.29) is 29.7 Å². The van der Waals surface area contributed by atoms with E-state index in [1.54, 1.807) is 7.05 Å². The van der Waals surface area contributed by atoms with Crippen molar-refractivity contribution in [3.8, 4) is 0 Å². The van der Waals surface area contributed by atoms with Gasteiger partial charge in [0.15, 0.2) is 5.96 Å². The number of nitrogens with zero attached hydrogens (tertiary/aromatic N) is 1. The maximum absolute atomic E-state index is 11.0. The molecule has 0 atom stereocenters. The molecule has 0 aliphatic heterocycles. The Morgan fingerprint density at radius 1 is 1.14 bits per heavy atom. The molecular weight excluding hydrogens is 417 g/mol. The van der Waals surface area contributed by atoms with Gasteiger partial charge >= 0.3 is 0 Å². The van der Waals surface area contributed by atoms with Crippen LogP contribution in [0.5, 0.6) is 0 Å². The summed E-state index contributed by atoms with van der Waals surface area (Å²) in [6.07, 6.45) is 9.16. The number of guanidine groups is 1. The summed E-state index contributed by atoms with van der Waals surface area (Å²) < 4.78 is 28.0. The Balaban J connectivity index is 0.00000441. The molecule has 0 aromatic carbocycles. The van der Waals surface area contributed by atoms with Crippen molar-refractivity contribution in [3.05, 3.63) is 0 Å². The highest BCUT2D eigenvalue weighted by Crippen LogP contribution is 2.19. The van der Waals surface area contributed by atoms with Crippen molar-refractivity contribution in [1.82, 2.24) is 10.6 Å². The molecule has 0 amide bonds. The van der Waals surface area contributed by atoms with Crippen LogP contribution >= 0.6 is 24.0 Å². The van der Waals surface area contributed by atoms with E-state index < -0.39 is 9.84 Å². The average molecular weight is 447 g/mol. The van der Waals surface area contributed by atoms with Gasteiger partial charge in [0.2, 0.25) is 0 Å². The Morgan fingerprint density at radius 2 is 1.73 bits per heavy atom. The number of hydrogen-bond donors (Lipinski definition) is 2. The molecule has 1 aliphatic rings. The molecule has 0 aromatic heterocycles. The third-order valence-corrected chi connectivity index (χ3v) is 4.48. The number of aliphatic imine (C=N–C) groups is 1. The monoisotopic (exact) mass is 447 g/mol. The van der Waals surface area contributed by atoms with E-state index in [9.17, 15) is 8.42 Å². The first kappa shape index (κ1) is 21.9. The van der Waals surface area contributed by atoms with Crippen molar-refractivity contribution < 1.29 is 13.2 Å². The molecule has 2 N–H and O–H groups in total. The highest BCUT2D eigenvalue weighted by Gasteiger charge is 2.12. The van der Waals surface area contributed by atoms with Crippen LogP contribution < -0.4 is 10.6 Å². The quantitative estimate of drug-likeness (QED) is 0.204. The maximum atomic E-state index is 11.0. The number of hydrogen-bond acceptors (Lipinski definition) is 4. The zero-order valence-corrected chi connectivity index (χ0v) is 16.8. The highest BCUT2D eigenvalue weighted by molar-refractivity contribution is 14.0. The second-order valence-corrected chi connectivity index (χ2v) is 7.80. The maximum Gasteiger partial charge on any atom is 0.191 e. The Bertz CT molecular complexity index is 408. The van der Waals surface area contributed by atoms with Gasteiger partial charge in [-0.25, -0.2) is 8.42 Å². The lowest BCUT2D eigenvalue weighted by Gasteiger charge is -2.16. The lowest BCUT2D eigenvalue weighted by Crippen LogP contribution is -2.41. The van der Waals surface area contributed by atoms with E-state index in [4.69, 9.17) is 4.74 Å². The Morgan fingerprint density at radius 3 is 2.27 bits per heavy atom. The topological polar surface area (TPSA) is 79.8 Å². The number of nitrogens with one attached hydrogen (secondary N) is 2. The summed E-state index contributed by atoms with van der Waals surface area (Å²) in [7, 11) is -1.27. The second-order valence-electron chi connectivity index (χ2n) is 5.54. The van der Waals surface area contributed by atoms with Crippen LogP contribution in [0.4, 0.5) is 0 Å². The average Bonchev–Trinajstić information content (AvgIpc) is 2.69. The van der Waals surface area contributed by atoms with Crippen LogP contribution in [0.15, 0.2) is 4.99 Å². The third-order valence-electron chi connectivity index (χ3n) is 3.54. The van der Waals surface area contributed by atoms with Gasteiger partial charge in [-0.3, -0.25) is 4.99 Å². The first-order valence-electron chi connectivity index (χ1n) is 7.75. The van der Waals surface area contributed by atoms with Crippen LogP contribution in [-0.4, -0.2) is 59.2 Å². The SMILES string of the molecule is CN=C(NCCOC1CCCCCC1)NCCS(C)(=O)=O.I. The fourth-order valence-electron chi connectivity index (χ4n) is 2.38. The van der Waals surface area contributed by atoms with E-state index in [2.05, 4.69) is 15.6 Å². The van der Waals surface area contributed by atoms with Crippen molar-refractivity contribution in [2.75, 3.05) is 38.8 Å². The fourth-order valence-corrected chi connectivity index (χ4v) is 2.85. The van der Waals surface area contributed by atoms with Crippen molar-refractivity contribution >= 4 is 39.8 Å². The molecule has 0 heterocycles. The van der Waals surface area contributed by atoms with Crippen LogP contribution in [0.25, 0.3) is 0 Å². The fraction of sp³-hybridized carbons (Fsp3) is 0.929. The van der Waals surface area contributed by atoms with Gasteiger partial charge in [-0.15, -0.1) is 24.0 Å². The van der Waals surface area contributed by atoms with Gasteiger partial charge in [-0.1, -0.05) is 25.7 Å². The van der Waals surface area contributed by atoms with Gasteiger partial charge in [-0.05, 0) is 12.8 Å². The predicted octanol–water partition coefficient (Wildman–Crippen LogP) is 1.55. The number of halogens is 1. The lowest BCUT2D eigenvalue weighted by molar-refractivity contribution is 0.0468. The summed E-state index contributed by atoms with van der Waals surface area (Å²) in [5, 5.41) is 6.11. The molecule has 0 radical (unpaired) electrons. The summed E-state index contributed by atoms with van der Waals surface area (Å²) >= 11 is 0. The highest BCUT2D eigenvalue weighted by atomic mass is 127. The summed E-state index contributed by atoms with van der Waals surface area (Å²) in [4.78, 5) is 4.05. The largest absolute Gasteiger partial charge is 0.376 e. The first-order chi connectivity index (χ1) is 10.0. The molecule has 0 bridgehead atoms. The van der Waals surface area contributed by atoms with Gasteiger partial charge < -0.3 is 15.4 Å².